The van der Waals surface area contributed by atoms with Crippen molar-refractivity contribution in [2.75, 3.05) is 0 Å². The van der Waals surface area contributed by atoms with Gasteiger partial charge < -0.3 is 4.42 Å². The van der Waals surface area contributed by atoms with E-state index in [1.165, 1.54) is 11.3 Å². The lowest BCUT2D eigenvalue weighted by Gasteiger charge is -2.10. The van der Waals surface area contributed by atoms with E-state index in [-0.39, 0.29) is 5.76 Å². The molecule has 0 spiro atoms. The number of carbonyl (C=O) groups is 2. The molecule has 0 saturated carbocycles. The molecule has 0 aliphatic carbocycles. The Balaban J connectivity index is 1.57. The zero-order valence-electron chi connectivity index (χ0n) is 17.8. The highest BCUT2D eigenvalue weighted by molar-refractivity contribution is 7.13. The first-order chi connectivity index (χ1) is 16.0. The summed E-state index contributed by atoms with van der Waals surface area (Å²) < 4.78 is 7.03. The third-order valence-corrected chi connectivity index (χ3v) is 5.98. The summed E-state index contributed by atoms with van der Waals surface area (Å²) in [5, 5.41) is 7.21. The number of hydrazine groups is 1. The number of furan rings is 1. The van der Waals surface area contributed by atoms with Crippen LogP contribution in [0.15, 0.2) is 70.5 Å². The van der Waals surface area contributed by atoms with Crippen molar-refractivity contribution in [1.29, 1.82) is 0 Å². The fourth-order valence-electron chi connectivity index (χ4n) is 3.57. The maximum absolute atomic E-state index is 13.2. The highest BCUT2D eigenvalue weighted by Gasteiger charge is 2.22. The standard InChI is InChI=1S/C24H19N5O3S/c1-14-10-11-19(32-14)24(31)27-26-23(30)17-13-18(20-9-6-12-33-20)25-22-21(17)15(2)28-29(22)16-7-4-3-5-8-16/h3-13H,1-2H3,(H,26,30)(H,27,31). The molecule has 1 aromatic carbocycles. The van der Waals surface area contributed by atoms with Gasteiger partial charge in [-0.3, -0.25) is 20.4 Å². The molecule has 4 aromatic heterocycles. The van der Waals surface area contributed by atoms with Gasteiger partial charge in [0.1, 0.15) is 5.76 Å². The number of fused-ring (bicyclic) bond motifs is 1. The fourth-order valence-corrected chi connectivity index (χ4v) is 4.25. The van der Waals surface area contributed by atoms with Crippen LogP contribution >= 0.6 is 11.3 Å². The third kappa shape index (κ3) is 3.90. The van der Waals surface area contributed by atoms with Crippen LogP contribution in [-0.2, 0) is 0 Å². The van der Waals surface area contributed by atoms with Crippen molar-refractivity contribution in [2.45, 2.75) is 13.8 Å². The molecule has 0 atom stereocenters. The smallest absolute Gasteiger partial charge is 0.305 e. The molecule has 5 rings (SSSR count). The Morgan fingerprint density at radius 1 is 0.970 bits per heavy atom. The first-order valence-corrected chi connectivity index (χ1v) is 11.1. The van der Waals surface area contributed by atoms with Gasteiger partial charge in [-0.15, -0.1) is 11.3 Å². The van der Waals surface area contributed by atoms with Crippen molar-refractivity contribution in [3.8, 4) is 16.3 Å². The largest absolute Gasteiger partial charge is 0.456 e. The van der Waals surface area contributed by atoms with Crippen LogP contribution in [0.1, 0.15) is 32.4 Å². The minimum atomic E-state index is -0.545. The number of aromatic nitrogens is 3. The second kappa shape index (κ2) is 8.36. The predicted octanol–water partition coefficient (Wildman–Crippen LogP) is 4.43. The van der Waals surface area contributed by atoms with E-state index < -0.39 is 11.8 Å². The molecule has 33 heavy (non-hydrogen) atoms. The van der Waals surface area contributed by atoms with E-state index in [4.69, 9.17) is 9.40 Å². The normalized spacial score (nSPS) is 11.0. The van der Waals surface area contributed by atoms with Crippen LogP contribution in [0, 0.1) is 13.8 Å². The molecule has 0 radical (unpaired) electrons. The molecule has 0 unspecified atom stereocenters. The van der Waals surface area contributed by atoms with Crippen molar-refractivity contribution in [1.82, 2.24) is 25.6 Å². The Kier molecular flexibility index (Phi) is 5.23. The monoisotopic (exact) mass is 457 g/mol. The second-order valence-corrected chi connectivity index (χ2v) is 8.33. The number of thiophene rings is 1. The van der Waals surface area contributed by atoms with E-state index in [0.717, 1.165) is 10.6 Å². The molecule has 0 fully saturated rings. The number of pyridine rings is 1. The molecule has 5 aromatic rings. The molecular formula is C24H19N5O3S. The molecule has 0 aliphatic rings. The average Bonchev–Trinajstić information content (AvgIpc) is 3.58. The predicted molar refractivity (Wildman–Crippen MR) is 125 cm³/mol. The first-order valence-electron chi connectivity index (χ1n) is 10.2. The minimum Gasteiger partial charge on any atom is -0.456 e. The van der Waals surface area contributed by atoms with Crippen LogP contribution in [-0.4, -0.2) is 26.6 Å². The van der Waals surface area contributed by atoms with Crippen molar-refractivity contribution >= 4 is 34.2 Å². The van der Waals surface area contributed by atoms with Gasteiger partial charge in [-0.2, -0.15) is 5.10 Å². The van der Waals surface area contributed by atoms with Crippen LogP contribution in [0.5, 0.6) is 0 Å². The Labute approximate surface area is 192 Å². The zero-order valence-corrected chi connectivity index (χ0v) is 18.6. The summed E-state index contributed by atoms with van der Waals surface area (Å²) in [5.74, 6) is -0.309. The van der Waals surface area contributed by atoms with Crippen molar-refractivity contribution in [3.05, 3.63) is 88.8 Å². The molecule has 0 aliphatic heterocycles. The van der Waals surface area contributed by atoms with Gasteiger partial charge in [0, 0.05) is 0 Å². The van der Waals surface area contributed by atoms with E-state index in [1.807, 2.05) is 54.8 Å². The zero-order chi connectivity index (χ0) is 22.9. The highest BCUT2D eigenvalue weighted by atomic mass is 32.1. The lowest BCUT2D eigenvalue weighted by atomic mass is 10.1. The maximum atomic E-state index is 13.2. The van der Waals surface area contributed by atoms with E-state index in [2.05, 4.69) is 16.0 Å². The number of benzene rings is 1. The summed E-state index contributed by atoms with van der Waals surface area (Å²) in [4.78, 5) is 31.3. The first kappa shape index (κ1) is 20.7. The summed E-state index contributed by atoms with van der Waals surface area (Å²) in [7, 11) is 0. The number of hydrogen-bond acceptors (Lipinski definition) is 6. The van der Waals surface area contributed by atoms with Gasteiger partial charge in [0.25, 0.3) is 5.91 Å². The molecule has 8 nitrogen and oxygen atoms in total. The molecule has 0 bridgehead atoms. The number of nitrogens with one attached hydrogen (secondary N) is 2. The molecule has 9 heteroatoms. The Morgan fingerprint density at radius 2 is 1.76 bits per heavy atom. The summed E-state index contributed by atoms with van der Waals surface area (Å²) in [6, 6.07) is 18.4. The van der Waals surface area contributed by atoms with Gasteiger partial charge in [-0.05, 0) is 55.6 Å². The van der Waals surface area contributed by atoms with E-state index in [1.54, 1.807) is 29.8 Å². The lowest BCUT2D eigenvalue weighted by molar-refractivity contribution is 0.0831. The molecule has 0 saturated heterocycles. The molecule has 2 N–H and O–H groups in total. The van der Waals surface area contributed by atoms with E-state index >= 15 is 0 Å². The summed E-state index contributed by atoms with van der Waals surface area (Å²) in [5.41, 5.74) is 7.94. The minimum absolute atomic E-state index is 0.111. The van der Waals surface area contributed by atoms with Crippen molar-refractivity contribution in [3.63, 3.8) is 0 Å². The van der Waals surface area contributed by atoms with Gasteiger partial charge in [0.05, 0.1) is 32.9 Å². The molecule has 164 valence electrons. The van der Waals surface area contributed by atoms with Crippen LogP contribution in [0.4, 0.5) is 0 Å². The maximum Gasteiger partial charge on any atom is 0.305 e. The highest BCUT2D eigenvalue weighted by Crippen LogP contribution is 2.30. The molecular weight excluding hydrogens is 438 g/mol. The summed E-state index contributed by atoms with van der Waals surface area (Å²) in [6.07, 6.45) is 0. The van der Waals surface area contributed by atoms with Gasteiger partial charge in [-0.1, -0.05) is 24.3 Å². The number of para-hydroxylation sites is 1. The summed E-state index contributed by atoms with van der Waals surface area (Å²) in [6.45, 7) is 3.57. The molecule has 4 heterocycles. The SMILES string of the molecule is Cc1ccc(C(=O)NNC(=O)c2cc(-c3cccs3)nc3c2c(C)nn3-c2ccccc2)o1. The third-order valence-electron chi connectivity index (χ3n) is 5.09. The number of carbonyl (C=O) groups excluding carboxylic acids is 2. The van der Waals surface area contributed by atoms with Gasteiger partial charge in [0.2, 0.25) is 0 Å². The molecule has 2 amide bonds. The number of amides is 2. The lowest BCUT2D eigenvalue weighted by Crippen LogP contribution is -2.41. The number of aryl methyl sites for hydroxylation is 2. The van der Waals surface area contributed by atoms with Crippen molar-refractivity contribution in [2.24, 2.45) is 0 Å². The van der Waals surface area contributed by atoms with E-state index in [0.29, 0.717) is 33.7 Å². The fraction of sp³-hybridized carbons (Fsp3) is 0.0833. The number of hydrogen-bond donors (Lipinski definition) is 2. The van der Waals surface area contributed by atoms with Gasteiger partial charge in [-0.25, -0.2) is 9.67 Å². The van der Waals surface area contributed by atoms with E-state index in [9.17, 15) is 9.59 Å². The Morgan fingerprint density at radius 3 is 2.45 bits per heavy atom. The topological polar surface area (TPSA) is 102 Å². The quantitative estimate of drug-likeness (QED) is 0.389. The Bertz CT molecular complexity index is 1470. The van der Waals surface area contributed by atoms with Gasteiger partial charge >= 0.3 is 5.91 Å². The van der Waals surface area contributed by atoms with Crippen LogP contribution in [0.2, 0.25) is 0 Å². The Hall–Kier alpha value is -4.24. The number of rotatable bonds is 4. The van der Waals surface area contributed by atoms with Crippen LogP contribution in [0.25, 0.3) is 27.3 Å². The average molecular weight is 458 g/mol. The summed E-state index contributed by atoms with van der Waals surface area (Å²) >= 11 is 1.53. The van der Waals surface area contributed by atoms with Crippen LogP contribution in [0.3, 0.4) is 0 Å². The van der Waals surface area contributed by atoms with Crippen LogP contribution < -0.4 is 10.9 Å². The number of nitrogens with zero attached hydrogens (tertiary/aromatic N) is 3. The second-order valence-electron chi connectivity index (χ2n) is 7.38. The van der Waals surface area contributed by atoms with Gasteiger partial charge in [0.15, 0.2) is 11.4 Å². The van der Waals surface area contributed by atoms with Crippen molar-refractivity contribution < 1.29 is 14.0 Å².